The van der Waals surface area contributed by atoms with Crippen LogP contribution in [0.5, 0.6) is 0 Å². The molecule has 5 nitrogen and oxygen atoms in total. The van der Waals surface area contributed by atoms with E-state index in [0.717, 1.165) is 28.2 Å². The number of carbonyl (C=O) groups is 2. The second kappa shape index (κ2) is 7.09. The highest BCUT2D eigenvalue weighted by Gasteiger charge is 2.24. The molecule has 0 atom stereocenters. The van der Waals surface area contributed by atoms with Crippen molar-refractivity contribution in [1.82, 2.24) is 0 Å². The minimum atomic E-state index is -0.129. The zero-order chi connectivity index (χ0) is 18.8. The Kier molecular flexibility index (Phi) is 4.48. The first-order valence-electron chi connectivity index (χ1n) is 8.44. The number of nitrogens with one attached hydrogen (secondary N) is 3. The molecule has 134 valence electrons. The minimum Gasteiger partial charge on any atom is -0.361 e. The maximum atomic E-state index is 12.4. The van der Waals surface area contributed by atoms with E-state index < -0.39 is 0 Å². The largest absolute Gasteiger partial charge is 0.361 e. The summed E-state index contributed by atoms with van der Waals surface area (Å²) in [5.41, 5.74) is 4.93. The molecule has 0 bridgehead atoms. The van der Waals surface area contributed by atoms with E-state index in [1.54, 1.807) is 29.7 Å². The van der Waals surface area contributed by atoms with Gasteiger partial charge >= 0.3 is 0 Å². The van der Waals surface area contributed by atoms with Gasteiger partial charge in [0.25, 0.3) is 5.91 Å². The molecular weight excluding hydrogens is 358 g/mol. The van der Waals surface area contributed by atoms with Gasteiger partial charge in [-0.3, -0.25) is 9.59 Å². The second-order valence-corrected chi connectivity index (χ2v) is 7.10. The zero-order valence-electron chi connectivity index (χ0n) is 14.6. The van der Waals surface area contributed by atoms with Crippen molar-refractivity contribution in [2.24, 2.45) is 0 Å². The van der Waals surface area contributed by atoms with E-state index in [2.05, 4.69) is 22.0 Å². The van der Waals surface area contributed by atoms with Crippen LogP contribution in [0, 0.1) is 0 Å². The first-order valence-corrected chi connectivity index (χ1v) is 9.32. The van der Waals surface area contributed by atoms with Gasteiger partial charge in [0.1, 0.15) is 0 Å². The second-order valence-electron chi connectivity index (χ2n) is 6.15. The summed E-state index contributed by atoms with van der Waals surface area (Å²) in [4.78, 5) is 24.6. The molecule has 1 aromatic heterocycles. The SMILES string of the molecule is CC(=O)Nc1ccc(N/C=C2\C(=O)Nc3cc(-c4cccs4)ccc32)cc1. The molecule has 2 heterocycles. The molecule has 0 radical (unpaired) electrons. The van der Waals surface area contributed by atoms with E-state index >= 15 is 0 Å². The van der Waals surface area contributed by atoms with E-state index in [1.807, 2.05) is 41.8 Å². The van der Waals surface area contributed by atoms with Crippen molar-refractivity contribution in [3.8, 4) is 10.4 Å². The highest BCUT2D eigenvalue weighted by atomic mass is 32.1. The summed E-state index contributed by atoms with van der Waals surface area (Å²) in [6.07, 6.45) is 1.71. The Bertz CT molecular complexity index is 1040. The Hall–Kier alpha value is -3.38. The van der Waals surface area contributed by atoms with Crippen LogP contribution in [0.2, 0.25) is 0 Å². The van der Waals surface area contributed by atoms with Gasteiger partial charge in [-0.25, -0.2) is 0 Å². The lowest BCUT2D eigenvalue weighted by atomic mass is 10.0. The number of fused-ring (bicyclic) bond motifs is 1. The Morgan fingerprint density at radius 3 is 2.56 bits per heavy atom. The molecule has 27 heavy (non-hydrogen) atoms. The average molecular weight is 375 g/mol. The van der Waals surface area contributed by atoms with Crippen molar-refractivity contribution in [2.45, 2.75) is 6.92 Å². The number of rotatable bonds is 4. The fourth-order valence-electron chi connectivity index (χ4n) is 2.94. The summed E-state index contributed by atoms with van der Waals surface area (Å²) < 4.78 is 0. The molecule has 0 saturated heterocycles. The smallest absolute Gasteiger partial charge is 0.257 e. The quantitative estimate of drug-likeness (QED) is 0.575. The van der Waals surface area contributed by atoms with Gasteiger partial charge in [0, 0.05) is 40.6 Å². The molecule has 3 N–H and O–H groups in total. The summed E-state index contributed by atoms with van der Waals surface area (Å²) >= 11 is 1.67. The maximum Gasteiger partial charge on any atom is 0.257 e. The molecule has 6 heteroatoms. The van der Waals surface area contributed by atoms with Gasteiger partial charge in [0.15, 0.2) is 0 Å². The van der Waals surface area contributed by atoms with Crippen LogP contribution in [0.15, 0.2) is 66.2 Å². The monoisotopic (exact) mass is 375 g/mol. The molecule has 1 aliphatic heterocycles. The van der Waals surface area contributed by atoms with Crippen LogP contribution < -0.4 is 16.0 Å². The third-order valence-corrected chi connectivity index (χ3v) is 5.12. The minimum absolute atomic E-state index is 0.112. The molecule has 4 rings (SSSR count). The molecule has 0 aliphatic carbocycles. The summed E-state index contributed by atoms with van der Waals surface area (Å²) in [5.74, 6) is -0.241. The Balaban J connectivity index is 1.55. The van der Waals surface area contributed by atoms with E-state index in [4.69, 9.17) is 0 Å². The van der Waals surface area contributed by atoms with Crippen molar-refractivity contribution in [2.75, 3.05) is 16.0 Å². The van der Waals surface area contributed by atoms with Crippen molar-refractivity contribution in [1.29, 1.82) is 0 Å². The number of benzene rings is 2. The van der Waals surface area contributed by atoms with Gasteiger partial charge in [0.05, 0.1) is 5.57 Å². The first kappa shape index (κ1) is 17.1. The van der Waals surface area contributed by atoms with E-state index in [0.29, 0.717) is 5.57 Å². The van der Waals surface area contributed by atoms with E-state index in [9.17, 15) is 9.59 Å². The van der Waals surface area contributed by atoms with Crippen LogP contribution in [0.25, 0.3) is 16.0 Å². The lowest BCUT2D eigenvalue weighted by molar-refractivity contribution is -0.114. The third kappa shape index (κ3) is 3.61. The van der Waals surface area contributed by atoms with Gasteiger partial charge in [-0.2, -0.15) is 0 Å². The molecule has 0 saturated carbocycles. The van der Waals surface area contributed by atoms with Crippen molar-refractivity contribution < 1.29 is 9.59 Å². The molecule has 3 aromatic rings. The van der Waals surface area contributed by atoms with Crippen LogP contribution in [0.1, 0.15) is 12.5 Å². The van der Waals surface area contributed by atoms with Crippen LogP contribution in [0.3, 0.4) is 0 Å². The molecule has 2 aromatic carbocycles. The van der Waals surface area contributed by atoms with Gasteiger partial charge in [-0.15, -0.1) is 11.3 Å². The fraction of sp³-hybridized carbons (Fsp3) is 0.0476. The molecule has 0 spiro atoms. The Morgan fingerprint density at radius 2 is 1.85 bits per heavy atom. The van der Waals surface area contributed by atoms with Crippen molar-refractivity contribution in [3.63, 3.8) is 0 Å². The zero-order valence-corrected chi connectivity index (χ0v) is 15.4. The van der Waals surface area contributed by atoms with Crippen LogP contribution in [-0.2, 0) is 9.59 Å². The van der Waals surface area contributed by atoms with Crippen molar-refractivity contribution in [3.05, 3.63) is 71.7 Å². The predicted molar refractivity (Wildman–Crippen MR) is 111 cm³/mol. The van der Waals surface area contributed by atoms with E-state index in [1.165, 1.54) is 11.8 Å². The standard InChI is InChI=1S/C21H17N3O2S/c1-13(25)23-16-7-5-15(6-8-16)22-12-18-17-9-4-14(20-3-2-10-27-20)11-19(17)24-21(18)26/h2-12,22H,1H3,(H,23,25)(H,24,26)/b18-12-. The highest BCUT2D eigenvalue weighted by molar-refractivity contribution is 7.13. The Morgan fingerprint density at radius 1 is 1.07 bits per heavy atom. The number of amides is 2. The number of anilines is 3. The highest BCUT2D eigenvalue weighted by Crippen LogP contribution is 2.36. The maximum absolute atomic E-state index is 12.4. The van der Waals surface area contributed by atoms with Gasteiger partial charge < -0.3 is 16.0 Å². The van der Waals surface area contributed by atoms with E-state index in [-0.39, 0.29) is 11.8 Å². The molecular formula is C21H17N3O2S. The van der Waals surface area contributed by atoms with Crippen LogP contribution >= 0.6 is 11.3 Å². The Labute approximate surface area is 160 Å². The summed E-state index contributed by atoms with van der Waals surface area (Å²) in [6.45, 7) is 1.47. The summed E-state index contributed by atoms with van der Waals surface area (Å²) in [6, 6.07) is 17.4. The predicted octanol–water partition coefficient (Wildman–Crippen LogP) is 4.78. The fourth-order valence-corrected chi connectivity index (χ4v) is 3.67. The van der Waals surface area contributed by atoms with Crippen LogP contribution in [0.4, 0.5) is 17.1 Å². The van der Waals surface area contributed by atoms with Gasteiger partial charge in [-0.1, -0.05) is 18.2 Å². The number of carbonyl (C=O) groups excluding carboxylic acids is 2. The number of thiophene rings is 1. The molecule has 2 amide bonds. The summed E-state index contributed by atoms with van der Waals surface area (Å²) in [5, 5.41) is 10.8. The summed E-state index contributed by atoms with van der Waals surface area (Å²) in [7, 11) is 0. The number of hydrogen-bond acceptors (Lipinski definition) is 4. The molecule has 0 unspecified atom stereocenters. The first-order chi connectivity index (χ1) is 13.1. The third-order valence-electron chi connectivity index (χ3n) is 4.20. The van der Waals surface area contributed by atoms with Crippen LogP contribution in [-0.4, -0.2) is 11.8 Å². The molecule has 1 aliphatic rings. The number of hydrogen-bond donors (Lipinski definition) is 3. The van der Waals surface area contributed by atoms with Gasteiger partial charge in [0.2, 0.25) is 5.91 Å². The molecule has 0 fully saturated rings. The van der Waals surface area contributed by atoms with Crippen molar-refractivity contribution >= 4 is 45.8 Å². The van der Waals surface area contributed by atoms with Gasteiger partial charge in [-0.05, 0) is 47.3 Å². The normalized spacial score (nSPS) is 14.0. The lowest BCUT2D eigenvalue weighted by Gasteiger charge is -2.06. The topological polar surface area (TPSA) is 70.2 Å². The average Bonchev–Trinajstić information content (AvgIpc) is 3.28. The lowest BCUT2D eigenvalue weighted by Crippen LogP contribution is -2.06.